The Kier molecular flexibility index (Phi) is 6.67. The first-order chi connectivity index (χ1) is 12.3. The minimum absolute atomic E-state index is 0.0351. The molecule has 0 bridgehead atoms. The van der Waals surface area contributed by atoms with E-state index in [1.165, 1.54) is 0 Å². The summed E-state index contributed by atoms with van der Waals surface area (Å²) in [4.78, 5) is 17.5. The van der Waals surface area contributed by atoms with Gasteiger partial charge < -0.3 is 15.4 Å². The standard InChI is InChI=1S/C16H20F3N5O2/c1-23(11-5-9-20-15(25)16(17,18)19)10-4-8-14-21-12-6-2-3-7-13(12)24(26)22-14/h2-3,6-7H,4-5,8-11H2,1H3,(H,20,25). The summed E-state index contributed by atoms with van der Waals surface area (Å²) in [6.45, 7) is 1.17. The van der Waals surface area contributed by atoms with Gasteiger partial charge in [0, 0.05) is 24.1 Å². The first-order valence-corrected chi connectivity index (χ1v) is 8.16. The number of aromatic nitrogens is 3. The van der Waals surface area contributed by atoms with Crippen LogP contribution in [0, 0.1) is 5.21 Å². The van der Waals surface area contributed by atoms with Crippen LogP contribution in [0.3, 0.4) is 0 Å². The first kappa shape index (κ1) is 19.8. The van der Waals surface area contributed by atoms with Gasteiger partial charge in [-0.2, -0.15) is 13.2 Å². The zero-order valence-corrected chi connectivity index (χ0v) is 14.3. The van der Waals surface area contributed by atoms with Gasteiger partial charge in [-0.05, 0) is 43.9 Å². The van der Waals surface area contributed by atoms with Gasteiger partial charge in [-0.1, -0.05) is 12.1 Å². The molecule has 1 amide bonds. The molecule has 0 fully saturated rings. The fourth-order valence-electron chi connectivity index (χ4n) is 2.42. The summed E-state index contributed by atoms with van der Waals surface area (Å²) in [6, 6.07) is 6.93. The molecule has 2 aromatic rings. The van der Waals surface area contributed by atoms with E-state index >= 15 is 0 Å². The molecule has 0 radical (unpaired) electrons. The first-order valence-electron chi connectivity index (χ1n) is 8.16. The van der Waals surface area contributed by atoms with Crippen LogP contribution in [0.15, 0.2) is 24.3 Å². The lowest BCUT2D eigenvalue weighted by Crippen LogP contribution is -2.38. The summed E-state index contributed by atoms with van der Waals surface area (Å²) in [5.41, 5.74) is 0.996. The second-order valence-electron chi connectivity index (χ2n) is 5.90. The molecule has 0 spiro atoms. The number of rotatable bonds is 8. The van der Waals surface area contributed by atoms with E-state index in [4.69, 9.17) is 0 Å². The highest BCUT2D eigenvalue weighted by Gasteiger charge is 2.38. The van der Waals surface area contributed by atoms with Crippen molar-refractivity contribution in [3.05, 3.63) is 35.3 Å². The Balaban J connectivity index is 1.70. The second-order valence-corrected chi connectivity index (χ2v) is 5.90. The molecule has 1 N–H and O–H groups in total. The van der Waals surface area contributed by atoms with Crippen LogP contribution in [0.25, 0.3) is 11.0 Å². The number of nitrogens with zero attached hydrogens (tertiary/aromatic N) is 4. The van der Waals surface area contributed by atoms with Crippen LogP contribution in [0.4, 0.5) is 13.2 Å². The van der Waals surface area contributed by atoms with Gasteiger partial charge in [-0.15, -0.1) is 0 Å². The Labute approximate surface area is 148 Å². The molecule has 0 aliphatic rings. The van der Waals surface area contributed by atoms with Crippen LogP contribution in [-0.4, -0.2) is 53.7 Å². The minimum Gasteiger partial charge on any atom is -0.594 e. The number of aryl methyl sites for hydroxylation is 1. The summed E-state index contributed by atoms with van der Waals surface area (Å²) < 4.78 is 36.1. The average Bonchev–Trinajstić information content (AvgIpc) is 2.58. The Bertz CT molecular complexity index is 754. The Morgan fingerprint density at radius 2 is 1.96 bits per heavy atom. The van der Waals surface area contributed by atoms with Gasteiger partial charge in [0.25, 0.3) is 5.52 Å². The largest absolute Gasteiger partial charge is 0.594 e. The lowest BCUT2D eigenvalue weighted by atomic mass is 10.2. The number of fused-ring (bicyclic) bond motifs is 1. The summed E-state index contributed by atoms with van der Waals surface area (Å²) in [7, 11) is 1.83. The van der Waals surface area contributed by atoms with Crippen LogP contribution in [0.1, 0.15) is 18.7 Å². The molecule has 0 aliphatic heterocycles. The zero-order valence-electron chi connectivity index (χ0n) is 14.3. The molecule has 7 nitrogen and oxygen atoms in total. The summed E-state index contributed by atoms with van der Waals surface area (Å²) in [5, 5.41) is 17.6. The predicted octanol–water partition coefficient (Wildman–Crippen LogP) is 1.20. The van der Waals surface area contributed by atoms with Gasteiger partial charge >= 0.3 is 12.1 Å². The zero-order chi connectivity index (χ0) is 19.2. The van der Waals surface area contributed by atoms with Crippen molar-refractivity contribution in [2.24, 2.45) is 0 Å². The van der Waals surface area contributed by atoms with Gasteiger partial charge in [0.05, 0.1) is 0 Å². The maximum Gasteiger partial charge on any atom is 0.471 e. The lowest BCUT2D eigenvalue weighted by molar-refractivity contribution is -0.644. The van der Waals surface area contributed by atoms with E-state index in [0.717, 1.165) is 0 Å². The van der Waals surface area contributed by atoms with Crippen molar-refractivity contribution < 1.29 is 22.8 Å². The molecule has 2 rings (SSSR count). The van der Waals surface area contributed by atoms with Crippen molar-refractivity contribution in [2.75, 3.05) is 26.7 Å². The number of halogens is 3. The molecule has 0 aliphatic carbocycles. The number of benzene rings is 1. The van der Waals surface area contributed by atoms with Crippen molar-refractivity contribution in [2.45, 2.75) is 25.4 Å². The van der Waals surface area contributed by atoms with Crippen molar-refractivity contribution in [1.29, 1.82) is 0 Å². The highest BCUT2D eigenvalue weighted by Crippen LogP contribution is 2.13. The van der Waals surface area contributed by atoms with Crippen LogP contribution >= 0.6 is 0 Å². The van der Waals surface area contributed by atoms with Gasteiger partial charge in [0.2, 0.25) is 0 Å². The molecule has 1 aromatic carbocycles. The smallest absolute Gasteiger partial charge is 0.471 e. The third kappa shape index (κ3) is 5.80. The number of amides is 1. The van der Waals surface area contributed by atoms with E-state index < -0.39 is 12.1 Å². The second kappa shape index (κ2) is 8.75. The van der Waals surface area contributed by atoms with Gasteiger partial charge in [-0.25, -0.2) is 4.98 Å². The number of carbonyl (C=O) groups excluding carboxylic acids is 1. The van der Waals surface area contributed by atoms with E-state index in [2.05, 4.69) is 10.1 Å². The third-order valence-electron chi connectivity index (χ3n) is 3.74. The quantitative estimate of drug-likeness (QED) is 0.428. The minimum atomic E-state index is -4.84. The Hall–Kier alpha value is -2.49. The maximum atomic E-state index is 12.0. The SMILES string of the molecule is CN(CCCNC(=O)C(F)(F)F)CCCc1nc2ccccc2[n+]([O-])n1. The van der Waals surface area contributed by atoms with E-state index in [0.29, 0.717) is 54.1 Å². The summed E-state index contributed by atoms with van der Waals surface area (Å²) in [5.74, 6) is -1.47. The molecule has 0 atom stereocenters. The average molecular weight is 371 g/mol. The lowest BCUT2D eigenvalue weighted by Gasteiger charge is -2.16. The molecule has 1 heterocycles. The molecular formula is C16H20F3N5O2. The third-order valence-corrected chi connectivity index (χ3v) is 3.74. The maximum absolute atomic E-state index is 12.0. The highest BCUT2D eigenvalue weighted by atomic mass is 19.4. The number of hydrogen-bond donors (Lipinski definition) is 1. The highest BCUT2D eigenvalue weighted by molar-refractivity contribution is 5.81. The molecule has 0 unspecified atom stereocenters. The molecule has 10 heteroatoms. The van der Waals surface area contributed by atoms with Crippen LogP contribution < -0.4 is 10.2 Å². The fourth-order valence-corrected chi connectivity index (χ4v) is 2.42. The number of carbonyl (C=O) groups is 1. The predicted molar refractivity (Wildman–Crippen MR) is 88.0 cm³/mol. The molecule has 0 saturated carbocycles. The number of para-hydroxylation sites is 2. The Morgan fingerprint density at radius 1 is 1.27 bits per heavy atom. The van der Waals surface area contributed by atoms with E-state index in [-0.39, 0.29) is 6.54 Å². The fraction of sp³-hybridized carbons (Fsp3) is 0.500. The topological polar surface area (TPSA) is 85.1 Å². The van der Waals surface area contributed by atoms with Gasteiger partial charge in [0.1, 0.15) is 5.52 Å². The van der Waals surface area contributed by atoms with E-state index in [1.807, 2.05) is 17.3 Å². The molecular weight excluding hydrogens is 351 g/mol. The number of hydrogen-bond acceptors (Lipinski definition) is 5. The van der Waals surface area contributed by atoms with Gasteiger partial charge in [0.15, 0.2) is 5.82 Å². The van der Waals surface area contributed by atoms with Crippen molar-refractivity contribution in [3.8, 4) is 0 Å². The monoisotopic (exact) mass is 371 g/mol. The van der Waals surface area contributed by atoms with Crippen LogP contribution in [0.5, 0.6) is 0 Å². The van der Waals surface area contributed by atoms with Crippen molar-refractivity contribution in [3.63, 3.8) is 0 Å². The normalized spacial score (nSPS) is 11.9. The van der Waals surface area contributed by atoms with E-state index in [1.54, 1.807) is 24.3 Å². The van der Waals surface area contributed by atoms with E-state index in [9.17, 15) is 23.2 Å². The molecule has 1 aromatic heterocycles. The number of nitrogens with one attached hydrogen (secondary N) is 1. The number of alkyl halides is 3. The summed E-state index contributed by atoms with van der Waals surface area (Å²) >= 11 is 0. The van der Waals surface area contributed by atoms with Gasteiger partial charge in [-0.3, -0.25) is 4.79 Å². The molecule has 26 heavy (non-hydrogen) atoms. The van der Waals surface area contributed by atoms with Crippen molar-refractivity contribution >= 4 is 16.9 Å². The molecule has 142 valence electrons. The van der Waals surface area contributed by atoms with Crippen LogP contribution in [0.2, 0.25) is 0 Å². The molecule has 0 saturated heterocycles. The Morgan fingerprint density at radius 3 is 2.69 bits per heavy atom. The summed E-state index contributed by atoms with van der Waals surface area (Å²) in [6.07, 6.45) is -3.22. The van der Waals surface area contributed by atoms with Crippen LogP contribution in [-0.2, 0) is 11.2 Å². The van der Waals surface area contributed by atoms with Crippen molar-refractivity contribution in [1.82, 2.24) is 20.3 Å².